The van der Waals surface area contributed by atoms with Gasteiger partial charge in [0.1, 0.15) is 22.0 Å². The van der Waals surface area contributed by atoms with Crippen molar-refractivity contribution in [1.82, 2.24) is 9.29 Å². The highest BCUT2D eigenvalue weighted by Crippen LogP contribution is 2.36. The van der Waals surface area contributed by atoms with E-state index in [4.69, 9.17) is 9.72 Å². The number of benzene rings is 3. The van der Waals surface area contributed by atoms with E-state index in [1.165, 1.54) is 33.8 Å². The van der Waals surface area contributed by atoms with Crippen LogP contribution in [0.5, 0.6) is 5.75 Å². The number of ether oxygens (including phenoxy) is 1. The lowest BCUT2D eigenvalue weighted by Gasteiger charge is -2.33. The van der Waals surface area contributed by atoms with Gasteiger partial charge in [-0.3, -0.25) is 9.69 Å². The van der Waals surface area contributed by atoms with Crippen LogP contribution >= 0.6 is 11.3 Å². The molecule has 0 N–H and O–H groups in total. The predicted molar refractivity (Wildman–Crippen MR) is 146 cm³/mol. The fourth-order valence-corrected chi connectivity index (χ4v) is 7.18. The molecule has 2 heterocycles. The van der Waals surface area contributed by atoms with Crippen LogP contribution in [-0.4, -0.2) is 43.3 Å². The molecule has 38 heavy (non-hydrogen) atoms. The van der Waals surface area contributed by atoms with Crippen molar-refractivity contribution in [3.63, 3.8) is 0 Å². The van der Waals surface area contributed by atoms with Crippen LogP contribution in [0.1, 0.15) is 25.3 Å². The Morgan fingerprint density at radius 3 is 2.47 bits per heavy atom. The largest absolute Gasteiger partial charge is 0.492 e. The van der Waals surface area contributed by atoms with E-state index in [0.29, 0.717) is 42.4 Å². The molecule has 0 radical (unpaired) electrons. The zero-order valence-electron chi connectivity index (χ0n) is 20.9. The van der Waals surface area contributed by atoms with Crippen molar-refractivity contribution in [1.29, 1.82) is 0 Å². The van der Waals surface area contributed by atoms with E-state index in [1.54, 1.807) is 4.90 Å². The van der Waals surface area contributed by atoms with Gasteiger partial charge in [-0.1, -0.05) is 59.9 Å². The van der Waals surface area contributed by atoms with Gasteiger partial charge in [-0.15, -0.1) is 0 Å². The number of thiazole rings is 1. The predicted octanol–water partition coefficient (Wildman–Crippen LogP) is 5.47. The maximum absolute atomic E-state index is 14.2. The van der Waals surface area contributed by atoms with Crippen molar-refractivity contribution < 1.29 is 22.3 Å². The van der Waals surface area contributed by atoms with Crippen LogP contribution in [0.2, 0.25) is 0 Å². The summed E-state index contributed by atoms with van der Waals surface area (Å²) in [5.74, 6) is -0.591. The van der Waals surface area contributed by atoms with Gasteiger partial charge in [0.05, 0.1) is 17.9 Å². The van der Waals surface area contributed by atoms with Gasteiger partial charge in [-0.2, -0.15) is 4.31 Å². The molecule has 4 aromatic rings. The van der Waals surface area contributed by atoms with E-state index in [2.05, 4.69) is 0 Å². The lowest BCUT2D eigenvalue weighted by molar-refractivity contribution is -0.123. The number of rotatable bonds is 8. The molecule has 0 bridgehead atoms. The molecule has 1 aliphatic heterocycles. The van der Waals surface area contributed by atoms with Crippen LogP contribution < -0.4 is 9.64 Å². The van der Waals surface area contributed by atoms with E-state index in [1.807, 2.05) is 55.5 Å². The molecule has 1 amide bonds. The normalized spacial score (nSPS) is 15.0. The number of fused-ring (bicyclic) bond motifs is 1. The van der Waals surface area contributed by atoms with Gasteiger partial charge < -0.3 is 4.74 Å². The standard InChI is InChI=1S/C28H28FN3O4S2/c1-2-36-23-12-8-13-24-26(23)30-28(37-24)32(19-20-9-4-3-5-10-20)27(33)21-15-17-31(18-16-21)38(34,35)25-14-7-6-11-22(25)29/h3-14,21H,2,15-19H2,1H3. The molecule has 1 aliphatic rings. The third-order valence-corrected chi connectivity index (χ3v) is 9.58. The lowest BCUT2D eigenvalue weighted by atomic mass is 9.96. The van der Waals surface area contributed by atoms with Crippen LogP contribution in [0.3, 0.4) is 0 Å². The van der Waals surface area contributed by atoms with E-state index in [0.717, 1.165) is 16.3 Å². The van der Waals surface area contributed by atoms with Crippen molar-refractivity contribution >= 4 is 42.6 Å². The van der Waals surface area contributed by atoms with Crippen molar-refractivity contribution in [2.75, 3.05) is 24.6 Å². The number of sulfonamides is 1. The first-order valence-electron chi connectivity index (χ1n) is 12.5. The van der Waals surface area contributed by atoms with Gasteiger partial charge in [0.15, 0.2) is 5.13 Å². The summed E-state index contributed by atoms with van der Waals surface area (Å²) in [5.41, 5.74) is 1.68. The first-order chi connectivity index (χ1) is 18.4. The second kappa shape index (κ2) is 11.2. The number of aromatic nitrogens is 1. The van der Waals surface area contributed by atoms with Gasteiger partial charge in [-0.05, 0) is 49.6 Å². The molecule has 0 atom stereocenters. The topological polar surface area (TPSA) is 79.8 Å². The van der Waals surface area contributed by atoms with Gasteiger partial charge in [-0.25, -0.2) is 17.8 Å². The fraction of sp³-hybridized carbons (Fsp3) is 0.286. The number of hydrogen-bond donors (Lipinski definition) is 0. The Hall–Kier alpha value is -3.34. The van der Waals surface area contributed by atoms with Crippen LogP contribution in [0.25, 0.3) is 10.2 Å². The van der Waals surface area contributed by atoms with Crippen LogP contribution in [0, 0.1) is 11.7 Å². The number of amides is 1. The minimum Gasteiger partial charge on any atom is -0.492 e. The summed E-state index contributed by atoms with van der Waals surface area (Å²) in [6.45, 7) is 3.04. The summed E-state index contributed by atoms with van der Waals surface area (Å²) in [4.78, 5) is 20.1. The molecule has 198 valence electrons. The quantitative estimate of drug-likeness (QED) is 0.289. The van der Waals surface area contributed by atoms with Crippen LogP contribution in [0.15, 0.2) is 77.7 Å². The molecule has 1 aromatic heterocycles. The molecule has 5 rings (SSSR count). The minimum atomic E-state index is -3.98. The maximum atomic E-state index is 14.2. The first-order valence-corrected chi connectivity index (χ1v) is 14.8. The number of carbonyl (C=O) groups excluding carboxylic acids is 1. The number of anilines is 1. The Balaban J connectivity index is 1.40. The third kappa shape index (κ3) is 5.29. The number of halogens is 1. The SMILES string of the molecule is CCOc1cccc2sc(N(Cc3ccccc3)C(=O)C3CCN(S(=O)(=O)c4ccccc4F)CC3)nc12. The molecule has 0 spiro atoms. The Morgan fingerprint density at radius 2 is 1.76 bits per heavy atom. The summed E-state index contributed by atoms with van der Waals surface area (Å²) in [7, 11) is -3.98. The minimum absolute atomic E-state index is 0.103. The number of para-hydroxylation sites is 1. The van der Waals surface area contributed by atoms with Crippen molar-refractivity contribution in [2.24, 2.45) is 5.92 Å². The van der Waals surface area contributed by atoms with Gasteiger partial charge in [0.25, 0.3) is 0 Å². The molecular weight excluding hydrogens is 525 g/mol. The summed E-state index contributed by atoms with van der Waals surface area (Å²) in [5, 5.41) is 0.572. The van der Waals surface area contributed by atoms with Gasteiger partial charge in [0, 0.05) is 19.0 Å². The Kier molecular flexibility index (Phi) is 7.73. The van der Waals surface area contributed by atoms with E-state index >= 15 is 0 Å². The molecule has 0 saturated carbocycles. The Morgan fingerprint density at radius 1 is 1.05 bits per heavy atom. The second-order valence-electron chi connectivity index (χ2n) is 9.05. The van der Waals surface area contributed by atoms with Crippen LogP contribution in [-0.2, 0) is 21.4 Å². The summed E-state index contributed by atoms with van der Waals surface area (Å²) >= 11 is 1.43. The molecule has 1 saturated heterocycles. The lowest BCUT2D eigenvalue weighted by Crippen LogP contribution is -2.44. The van der Waals surface area contributed by atoms with Crippen molar-refractivity contribution in [3.8, 4) is 5.75 Å². The van der Waals surface area contributed by atoms with E-state index in [9.17, 15) is 17.6 Å². The molecular formula is C28H28FN3O4S2. The van der Waals surface area contributed by atoms with Gasteiger partial charge in [0.2, 0.25) is 15.9 Å². The molecule has 7 nitrogen and oxygen atoms in total. The number of hydrogen-bond acceptors (Lipinski definition) is 6. The zero-order valence-corrected chi connectivity index (χ0v) is 22.6. The average Bonchev–Trinajstić information content (AvgIpc) is 3.37. The smallest absolute Gasteiger partial charge is 0.245 e. The number of carbonyl (C=O) groups is 1. The Bertz CT molecular complexity index is 1530. The third-order valence-electron chi connectivity index (χ3n) is 6.61. The van der Waals surface area contributed by atoms with E-state index < -0.39 is 15.8 Å². The average molecular weight is 554 g/mol. The summed E-state index contributed by atoms with van der Waals surface area (Å²) < 4.78 is 48.2. The zero-order chi connectivity index (χ0) is 26.7. The summed E-state index contributed by atoms with van der Waals surface area (Å²) in [6, 6.07) is 20.8. The second-order valence-corrected chi connectivity index (χ2v) is 12.0. The maximum Gasteiger partial charge on any atom is 0.245 e. The van der Waals surface area contributed by atoms with Crippen molar-refractivity contribution in [2.45, 2.75) is 31.2 Å². The molecule has 0 aliphatic carbocycles. The molecule has 3 aromatic carbocycles. The molecule has 0 unspecified atom stereocenters. The number of piperidine rings is 1. The first kappa shape index (κ1) is 26.3. The van der Waals surface area contributed by atoms with Crippen LogP contribution in [0.4, 0.5) is 9.52 Å². The molecule has 1 fully saturated rings. The van der Waals surface area contributed by atoms with Gasteiger partial charge >= 0.3 is 0 Å². The monoisotopic (exact) mass is 553 g/mol. The highest BCUT2D eigenvalue weighted by Gasteiger charge is 2.36. The molecule has 10 heteroatoms. The summed E-state index contributed by atoms with van der Waals surface area (Å²) in [6.07, 6.45) is 0.680. The fourth-order valence-electron chi connectivity index (χ4n) is 4.66. The van der Waals surface area contributed by atoms with Crippen molar-refractivity contribution in [3.05, 3.63) is 84.2 Å². The Labute approximate surface area is 225 Å². The highest BCUT2D eigenvalue weighted by atomic mass is 32.2. The van der Waals surface area contributed by atoms with E-state index in [-0.39, 0.29) is 29.8 Å². The highest BCUT2D eigenvalue weighted by molar-refractivity contribution is 7.89. The number of nitrogens with zero attached hydrogens (tertiary/aromatic N) is 3.